The fourth-order valence-electron chi connectivity index (χ4n) is 1.05. The van der Waals surface area contributed by atoms with Crippen molar-refractivity contribution >= 4 is 15.7 Å². The molecule has 0 aliphatic carbocycles. The van der Waals surface area contributed by atoms with Gasteiger partial charge >= 0.3 is 0 Å². The first-order valence-corrected chi connectivity index (χ1v) is 6.87. The summed E-state index contributed by atoms with van der Waals surface area (Å²) in [5, 5.41) is 5.49. The van der Waals surface area contributed by atoms with Crippen LogP contribution in [0.4, 0.5) is 0 Å². The highest BCUT2D eigenvalue weighted by atomic mass is 32.2. The Morgan fingerprint density at radius 2 is 2.00 bits per heavy atom. The summed E-state index contributed by atoms with van der Waals surface area (Å²) in [6.45, 7) is 4.18. The SMILES string of the molecule is CCS(=O)(=O)CCNC(=O)C(C)CNC. The highest BCUT2D eigenvalue weighted by Crippen LogP contribution is 1.92. The molecule has 1 atom stereocenters. The van der Waals surface area contributed by atoms with E-state index in [2.05, 4.69) is 10.6 Å². The third kappa shape index (κ3) is 6.46. The number of carbonyl (C=O) groups is 1. The Balaban J connectivity index is 3.82. The molecule has 0 bridgehead atoms. The van der Waals surface area contributed by atoms with E-state index in [9.17, 15) is 13.2 Å². The normalized spacial score (nSPS) is 13.5. The smallest absolute Gasteiger partial charge is 0.224 e. The van der Waals surface area contributed by atoms with Crippen LogP contribution in [0.5, 0.6) is 0 Å². The second kappa shape index (κ2) is 6.79. The summed E-state index contributed by atoms with van der Waals surface area (Å²) >= 11 is 0. The Labute approximate surface area is 91.5 Å². The van der Waals surface area contributed by atoms with Crippen LogP contribution in [0.15, 0.2) is 0 Å². The summed E-state index contributed by atoms with van der Waals surface area (Å²) in [7, 11) is -1.21. The van der Waals surface area contributed by atoms with Gasteiger partial charge in [-0.05, 0) is 7.05 Å². The Morgan fingerprint density at radius 1 is 1.40 bits per heavy atom. The van der Waals surface area contributed by atoms with Crippen LogP contribution in [-0.2, 0) is 14.6 Å². The van der Waals surface area contributed by atoms with Gasteiger partial charge < -0.3 is 10.6 Å². The highest BCUT2D eigenvalue weighted by Gasteiger charge is 2.12. The average Bonchev–Trinajstić information content (AvgIpc) is 2.18. The molecule has 0 aromatic rings. The van der Waals surface area contributed by atoms with Crippen LogP contribution in [-0.4, -0.2) is 46.0 Å². The van der Waals surface area contributed by atoms with E-state index in [1.54, 1.807) is 20.9 Å². The predicted molar refractivity (Wildman–Crippen MR) is 60.4 cm³/mol. The van der Waals surface area contributed by atoms with E-state index in [-0.39, 0.29) is 29.9 Å². The first-order chi connectivity index (χ1) is 6.93. The zero-order valence-electron chi connectivity index (χ0n) is 9.54. The number of nitrogens with one attached hydrogen (secondary N) is 2. The van der Waals surface area contributed by atoms with Crippen LogP contribution in [0.25, 0.3) is 0 Å². The van der Waals surface area contributed by atoms with Gasteiger partial charge in [0.05, 0.1) is 5.75 Å². The number of hydrogen-bond acceptors (Lipinski definition) is 4. The van der Waals surface area contributed by atoms with Gasteiger partial charge in [-0.25, -0.2) is 8.42 Å². The molecule has 15 heavy (non-hydrogen) atoms. The minimum atomic E-state index is -2.98. The lowest BCUT2D eigenvalue weighted by molar-refractivity contribution is -0.124. The van der Waals surface area contributed by atoms with E-state index < -0.39 is 9.84 Å². The number of sulfone groups is 1. The summed E-state index contributed by atoms with van der Waals surface area (Å²) in [5.74, 6) is -0.119. The van der Waals surface area contributed by atoms with E-state index in [0.717, 1.165) is 0 Å². The lowest BCUT2D eigenvalue weighted by atomic mass is 10.1. The standard InChI is InChI=1S/C9H20N2O3S/c1-4-15(13,14)6-5-11-9(12)8(2)7-10-3/h8,10H,4-7H2,1-3H3,(H,11,12). The molecule has 5 nitrogen and oxygen atoms in total. The van der Waals surface area contributed by atoms with Gasteiger partial charge in [0.1, 0.15) is 0 Å². The fourth-order valence-corrected chi connectivity index (χ4v) is 1.75. The van der Waals surface area contributed by atoms with Crippen molar-refractivity contribution in [3.05, 3.63) is 0 Å². The monoisotopic (exact) mass is 236 g/mol. The lowest BCUT2D eigenvalue weighted by Gasteiger charge is -2.11. The Morgan fingerprint density at radius 3 is 2.47 bits per heavy atom. The van der Waals surface area contributed by atoms with Crippen LogP contribution in [0.3, 0.4) is 0 Å². The van der Waals surface area contributed by atoms with Gasteiger partial charge in [0.25, 0.3) is 0 Å². The zero-order chi connectivity index (χ0) is 11.9. The Bertz CT molecular complexity index is 288. The summed E-state index contributed by atoms with van der Waals surface area (Å²) in [6.07, 6.45) is 0. The molecule has 0 aromatic heterocycles. The van der Waals surface area contributed by atoms with Crippen molar-refractivity contribution in [1.82, 2.24) is 10.6 Å². The predicted octanol–water partition coefficient (Wildman–Crippen LogP) is -0.607. The van der Waals surface area contributed by atoms with Crippen molar-refractivity contribution in [3.63, 3.8) is 0 Å². The number of amides is 1. The molecular weight excluding hydrogens is 216 g/mol. The summed E-state index contributed by atoms with van der Waals surface area (Å²) in [6, 6.07) is 0. The van der Waals surface area contributed by atoms with Gasteiger partial charge in [0.15, 0.2) is 9.84 Å². The topological polar surface area (TPSA) is 75.3 Å². The van der Waals surface area contributed by atoms with E-state index in [0.29, 0.717) is 6.54 Å². The molecule has 2 N–H and O–H groups in total. The van der Waals surface area contributed by atoms with Crippen molar-refractivity contribution in [2.45, 2.75) is 13.8 Å². The van der Waals surface area contributed by atoms with Gasteiger partial charge in [-0.2, -0.15) is 0 Å². The van der Waals surface area contributed by atoms with Crippen LogP contribution in [0.1, 0.15) is 13.8 Å². The molecule has 0 saturated carbocycles. The van der Waals surface area contributed by atoms with Crippen LogP contribution >= 0.6 is 0 Å². The quantitative estimate of drug-likeness (QED) is 0.618. The maximum atomic E-state index is 11.4. The molecule has 6 heteroatoms. The minimum absolute atomic E-state index is 0.0154. The summed E-state index contributed by atoms with van der Waals surface area (Å²) in [5.41, 5.74) is 0. The van der Waals surface area contributed by atoms with Crippen molar-refractivity contribution in [2.75, 3.05) is 31.6 Å². The molecule has 0 radical (unpaired) electrons. The van der Waals surface area contributed by atoms with E-state index >= 15 is 0 Å². The highest BCUT2D eigenvalue weighted by molar-refractivity contribution is 7.91. The number of carbonyl (C=O) groups excluding carboxylic acids is 1. The van der Waals surface area contributed by atoms with Crippen LogP contribution in [0.2, 0.25) is 0 Å². The molecule has 0 heterocycles. The zero-order valence-corrected chi connectivity index (χ0v) is 10.4. The molecule has 0 fully saturated rings. The third-order valence-electron chi connectivity index (χ3n) is 2.11. The van der Waals surface area contributed by atoms with Gasteiger partial charge in [0.2, 0.25) is 5.91 Å². The van der Waals surface area contributed by atoms with E-state index in [1.165, 1.54) is 0 Å². The summed E-state index contributed by atoms with van der Waals surface area (Å²) in [4.78, 5) is 11.4. The van der Waals surface area contributed by atoms with Crippen molar-refractivity contribution in [1.29, 1.82) is 0 Å². The van der Waals surface area contributed by atoms with Gasteiger partial charge in [-0.1, -0.05) is 13.8 Å². The molecule has 1 unspecified atom stereocenters. The van der Waals surface area contributed by atoms with Gasteiger partial charge in [-0.15, -0.1) is 0 Å². The molecule has 0 aromatic carbocycles. The molecule has 0 rings (SSSR count). The maximum Gasteiger partial charge on any atom is 0.224 e. The molecule has 0 spiro atoms. The van der Waals surface area contributed by atoms with E-state index in [1.807, 2.05) is 0 Å². The molecule has 90 valence electrons. The second-order valence-electron chi connectivity index (χ2n) is 3.49. The Hall–Kier alpha value is -0.620. The first-order valence-electron chi connectivity index (χ1n) is 5.05. The molecule has 0 saturated heterocycles. The molecular formula is C9H20N2O3S. The summed E-state index contributed by atoms with van der Waals surface area (Å²) < 4.78 is 22.2. The van der Waals surface area contributed by atoms with Crippen molar-refractivity contribution in [2.24, 2.45) is 5.92 Å². The van der Waals surface area contributed by atoms with Gasteiger partial charge in [-0.3, -0.25) is 4.79 Å². The second-order valence-corrected chi connectivity index (χ2v) is 5.96. The van der Waals surface area contributed by atoms with Crippen molar-refractivity contribution in [3.8, 4) is 0 Å². The lowest BCUT2D eigenvalue weighted by Crippen LogP contribution is -2.36. The van der Waals surface area contributed by atoms with E-state index in [4.69, 9.17) is 0 Å². The largest absolute Gasteiger partial charge is 0.355 e. The Kier molecular flexibility index (Phi) is 6.51. The van der Waals surface area contributed by atoms with Gasteiger partial charge in [0, 0.05) is 24.8 Å². The molecule has 0 aliphatic rings. The van der Waals surface area contributed by atoms with Crippen LogP contribution in [0, 0.1) is 5.92 Å². The van der Waals surface area contributed by atoms with Crippen LogP contribution < -0.4 is 10.6 Å². The fraction of sp³-hybridized carbons (Fsp3) is 0.889. The number of hydrogen-bond donors (Lipinski definition) is 2. The molecule has 0 aliphatic heterocycles. The van der Waals surface area contributed by atoms with Crippen molar-refractivity contribution < 1.29 is 13.2 Å². The minimum Gasteiger partial charge on any atom is -0.355 e. The number of rotatable bonds is 7. The third-order valence-corrected chi connectivity index (χ3v) is 3.82. The average molecular weight is 236 g/mol. The molecule has 1 amide bonds. The maximum absolute atomic E-state index is 11.4. The first kappa shape index (κ1) is 14.4.